The van der Waals surface area contributed by atoms with E-state index in [2.05, 4.69) is 36.3 Å². The van der Waals surface area contributed by atoms with Crippen molar-refractivity contribution in [1.29, 1.82) is 0 Å². The molecule has 1 unspecified atom stereocenters. The van der Waals surface area contributed by atoms with Gasteiger partial charge in [-0.3, -0.25) is 0 Å². The molecule has 4 heteroatoms. The van der Waals surface area contributed by atoms with Gasteiger partial charge in [-0.05, 0) is 32.4 Å². The summed E-state index contributed by atoms with van der Waals surface area (Å²) in [6, 6.07) is 0. The molecule has 3 nitrogen and oxygen atoms in total. The van der Waals surface area contributed by atoms with Crippen LogP contribution in [0.25, 0.3) is 0 Å². The van der Waals surface area contributed by atoms with Crippen molar-refractivity contribution >= 4 is 11.3 Å². The molecular formula is C12H23N3S. The Bertz CT molecular complexity index is 286. The molecule has 1 N–H and O–H groups in total. The fourth-order valence-electron chi connectivity index (χ4n) is 1.41. The highest BCUT2D eigenvalue weighted by molar-refractivity contribution is 7.11. The molecule has 0 aliphatic carbocycles. The average molecular weight is 241 g/mol. The Labute approximate surface area is 103 Å². The van der Waals surface area contributed by atoms with Crippen LogP contribution in [0, 0.1) is 0 Å². The molecule has 1 aromatic heterocycles. The molecule has 0 fully saturated rings. The second-order valence-corrected chi connectivity index (χ2v) is 5.29. The van der Waals surface area contributed by atoms with Crippen LogP contribution in [0.3, 0.4) is 0 Å². The molecule has 16 heavy (non-hydrogen) atoms. The SMILES string of the molecule is CCCNCCCc1nnc(C(C)CC)s1. The Hall–Kier alpha value is -0.480. The maximum Gasteiger partial charge on any atom is 0.120 e. The van der Waals surface area contributed by atoms with E-state index < -0.39 is 0 Å². The molecule has 0 aliphatic heterocycles. The van der Waals surface area contributed by atoms with Crippen molar-refractivity contribution in [3.8, 4) is 0 Å². The van der Waals surface area contributed by atoms with Gasteiger partial charge < -0.3 is 5.32 Å². The number of aryl methyl sites for hydroxylation is 1. The summed E-state index contributed by atoms with van der Waals surface area (Å²) in [6.07, 6.45) is 4.57. The summed E-state index contributed by atoms with van der Waals surface area (Å²) in [4.78, 5) is 0. The molecule has 0 aliphatic rings. The van der Waals surface area contributed by atoms with Crippen molar-refractivity contribution in [2.75, 3.05) is 13.1 Å². The van der Waals surface area contributed by atoms with Crippen LogP contribution in [0.4, 0.5) is 0 Å². The Morgan fingerprint density at radius 3 is 2.75 bits per heavy atom. The molecule has 0 bridgehead atoms. The van der Waals surface area contributed by atoms with Gasteiger partial charge >= 0.3 is 0 Å². The van der Waals surface area contributed by atoms with E-state index in [0.29, 0.717) is 5.92 Å². The molecule has 92 valence electrons. The lowest BCUT2D eigenvalue weighted by molar-refractivity contribution is 0.637. The van der Waals surface area contributed by atoms with Crippen LogP contribution in [0.15, 0.2) is 0 Å². The summed E-state index contributed by atoms with van der Waals surface area (Å²) in [5, 5.41) is 14.3. The first-order chi connectivity index (χ1) is 7.77. The van der Waals surface area contributed by atoms with Crippen LogP contribution in [0.1, 0.15) is 56.0 Å². The van der Waals surface area contributed by atoms with Crippen LogP contribution in [-0.4, -0.2) is 23.3 Å². The van der Waals surface area contributed by atoms with Gasteiger partial charge in [-0.15, -0.1) is 21.5 Å². The number of aromatic nitrogens is 2. The van der Waals surface area contributed by atoms with E-state index in [1.54, 1.807) is 11.3 Å². The maximum atomic E-state index is 4.25. The van der Waals surface area contributed by atoms with Gasteiger partial charge in [-0.25, -0.2) is 0 Å². The number of hydrogen-bond donors (Lipinski definition) is 1. The van der Waals surface area contributed by atoms with Gasteiger partial charge in [0.15, 0.2) is 0 Å². The molecule has 1 atom stereocenters. The topological polar surface area (TPSA) is 37.8 Å². The first-order valence-electron chi connectivity index (χ1n) is 6.30. The maximum absolute atomic E-state index is 4.25. The fourth-order valence-corrected chi connectivity index (χ4v) is 2.43. The third-order valence-electron chi connectivity index (χ3n) is 2.69. The third kappa shape index (κ3) is 4.58. The Morgan fingerprint density at radius 2 is 2.06 bits per heavy atom. The first-order valence-corrected chi connectivity index (χ1v) is 7.12. The quantitative estimate of drug-likeness (QED) is 0.711. The van der Waals surface area contributed by atoms with Crippen molar-refractivity contribution in [3.63, 3.8) is 0 Å². The lowest BCUT2D eigenvalue weighted by Crippen LogP contribution is -2.16. The highest BCUT2D eigenvalue weighted by Gasteiger charge is 2.09. The van der Waals surface area contributed by atoms with Crippen molar-refractivity contribution < 1.29 is 0 Å². The summed E-state index contributed by atoms with van der Waals surface area (Å²) >= 11 is 1.78. The molecule has 0 radical (unpaired) electrons. The van der Waals surface area contributed by atoms with E-state index in [0.717, 1.165) is 32.4 Å². The molecule has 1 rings (SSSR count). The van der Waals surface area contributed by atoms with E-state index >= 15 is 0 Å². The van der Waals surface area contributed by atoms with Crippen molar-refractivity contribution in [1.82, 2.24) is 15.5 Å². The minimum Gasteiger partial charge on any atom is -0.317 e. The van der Waals surface area contributed by atoms with Gasteiger partial charge in [0.1, 0.15) is 10.0 Å². The Kier molecular flexibility index (Phi) is 6.57. The number of hydrogen-bond acceptors (Lipinski definition) is 4. The van der Waals surface area contributed by atoms with Gasteiger partial charge in [-0.1, -0.05) is 20.8 Å². The standard InChI is InChI=1S/C12H23N3S/c1-4-8-13-9-6-7-11-14-15-12(16-11)10(3)5-2/h10,13H,4-9H2,1-3H3. The average Bonchev–Trinajstić information content (AvgIpc) is 2.76. The van der Waals surface area contributed by atoms with E-state index in [9.17, 15) is 0 Å². The molecule has 0 saturated carbocycles. The second kappa shape index (κ2) is 7.74. The normalized spacial score (nSPS) is 12.9. The summed E-state index contributed by atoms with van der Waals surface area (Å²) in [5.74, 6) is 0.560. The van der Waals surface area contributed by atoms with Crippen molar-refractivity contribution in [2.45, 2.75) is 52.4 Å². The minimum absolute atomic E-state index is 0.560. The Morgan fingerprint density at radius 1 is 1.25 bits per heavy atom. The lowest BCUT2D eigenvalue weighted by Gasteiger charge is -2.01. The molecular weight excluding hydrogens is 218 g/mol. The largest absolute Gasteiger partial charge is 0.317 e. The molecule has 1 aromatic rings. The van der Waals surface area contributed by atoms with E-state index in [1.165, 1.54) is 16.4 Å². The zero-order valence-corrected chi connectivity index (χ0v) is 11.4. The minimum atomic E-state index is 0.560. The lowest BCUT2D eigenvalue weighted by atomic mass is 10.1. The first kappa shape index (κ1) is 13.6. The number of rotatable bonds is 8. The highest BCUT2D eigenvalue weighted by atomic mass is 32.1. The molecule has 1 heterocycles. The van der Waals surface area contributed by atoms with Crippen LogP contribution in [-0.2, 0) is 6.42 Å². The van der Waals surface area contributed by atoms with Crippen LogP contribution >= 0.6 is 11.3 Å². The smallest absolute Gasteiger partial charge is 0.120 e. The molecule has 0 amide bonds. The molecule has 0 saturated heterocycles. The highest BCUT2D eigenvalue weighted by Crippen LogP contribution is 2.22. The van der Waals surface area contributed by atoms with E-state index in [4.69, 9.17) is 0 Å². The predicted molar refractivity (Wildman–Crippen MR) is 70.1 cm³/mol. The van der Waals surface area contributed by atoms with Crippen LogP contribution < -0.4 is 5.32 Å². The zero-order valence-electron chi connectivity index (χ0n) is 10.6. The fraction of sp³-hybridized carbons (Fsp3) is 0.833. The third-order valence-corrected chi connectivity index (χ3v) is 3.90. The van der Waals surface area contributed by atoms with E-state index in [-0.39, 0.29) is 0 Å². The van der Waals surface area contributed by atoms with Gasteiger partial charge in [0, 0.05) is 12.3 Å². The predicted octanol–water partition coefficient (Wildman–Crippen LogP) is 2.98. The second-order valence-electron chi connectivity index (χ2n) is 4.20. The Balaban J connectivity index is 2.24. The summed E-state index contributed by atoms with van der Waals surface area (Å²) in [7, 11) is 0. The molecule has 0 spiro atoms. The number of nitrogens with zero attached hydrogens (tertiary/aromatic N) is 2. The van der Waals surface area contributed by atoms with Gasteiger partial charge in [0.2, 0.25) is 0 Å². The van der Waals surface area contributed by atoms with Crippen LogP contribution in [0.2, 0.25) is 0 Å². The summed E-state index contributed by atoms with van der Waals surface area (Å²) in [6.45, 7) is 8.81. The summed E-state index contributed by atoms with van der Waals surface area (Å²) < 4.78 is 0. The van der Waals surface area contributed by atoms with Gasteiger partial charge in [0.05, 0.1) is 0 Å². The zero-order chi connectivity index (χ0) is 11.8. The van der Waals surface area contributed by atoms with Crippen molar-refractivity contribution in [3.05, 3.63) is 10.0 Å². The van der Waals surface area contributed by atoms with Crippen molar-refractivity contribution in [2.24, 2.45) is 0 Å². The van der Waals surface area contributed by atoms with Gasteiger partial charge in [0.25, 0.3) is 0 Å². The monoisotopic (exact) mass is 241 g/mol. The van der Waals surface area contributed by atoms with E-state index in [1.807, 2.05) is 0 Å². The number of nitrogens with one attached hydrogen (secondary N) is 1. The summed E-state index contributed by atoms with van der Waals surface area (Å²) in [5.41, 5.74) is 0. The van der Waals surface area contributed by atoms with Gasteiger partial charge in [-0.2, -0.15) is 0 Å². The van der Waals surface area contributed by atoms with Crippen LogP contribution in [0.5, 0.6) is 0 Å². The molecule has 0 aromatic carbocycles.